The van der Waals surface area contributed by atoms with Gasteiger partial charge in [-0.25, -0.2) is 4.98 Å². The number of likely N-dealkylation sites (N-methyl/N-ethyl adjacent to an activating group) is 1. The fourth-order valence-corrected chi connectivity index (χ4v) is 10.8. The average Bonchev–Trinajstić information content (AvgIpc) is 3.53. The van der Waals surface area contributed by atoms with Crippen LogP contribution in [0, 0.1) is 11.3 Å². The maximum atomic E-state index is 13.4. The molecule has 0 radical (unpaired) electrons. The lowest BCUT2D eigenvalue weighted by atomic mass is 9.57. The molecule has 5 aliphatic rings. The molecule has 18 heteroatoms. The van der Waals surface area contributed by atoms with Crippen molar-refractivity contribution in [2.24, 2.45) is 11.3 Å². The monoisotopic (exact) mass is 908 g/mol. The maximum Gasteiger partial charge on any atom is 0.293 e. The molecule has 2 atom stereocenters. The van der Waals surface area contributed by atoms with Gasteiger partial charge in [0.1, 0.15) is 11.1 Å². The summed E-state index contributed by atoms with van der Waals surface area (Å²) in [4.78, 5) is 80.7. The number of aromatic nitrogens is 3. The van der Waals surface area contributed by atoms with E-state index in [1.54, 1.807) is 22.9 Å². The van der Waals surface area contributed by atoms with Crippen molar-refractivity contribution >= 4 is 69.3 Å². The molecule has 0 saturated carbocycles. The van der Waals surface area contributed by atoms with Crippen LogP contribution in [-0.4, -0.2) is 118 Å². The van der Waals surface area contributed by atoms with E-state index in [-0.39, 0.29) is 59.6 Å². The number of carbonyl (C=O) groups is 4. The van der Waals surface area contributed by atoms with E-state index in [2.05, 4.69) is 49.5 Å². The quantitative estimate of drug-likeness (QED) is 0.151. The Labute approximate surface area is 382 Å². The summed E-state index contributed by atoms with van der Waals surface area (Å²) >= 11 is 6.63. The summed E-state index contributed by atoms with van der Waals surface area (Å²) in [5, 5.41) is 20.6. The molecule has 344 valence electrons. The molecule has 2 aromatic heterocycles. The molecule has 9 rings (SSSR count). The summed E-state index contributed by atoms with van der Waals surface area (Å²) in [6.45, 7) is 13.8. The minimum atomic E-state index is -1.25. The Morgan fingerprint density at radius 2 is 1.77 bits per heavy atom. The number of nitrogens with one attached hydrogen (secondary N) is 3. The molecule has 4 saturated heterocycles. The van der Waals surface area contributed by atoms with Crippen molar-refractivity contribution in [1.82, 2.24) is 35.0 Å². The number of ether oxygens (including phenoxy) is 1. The molecule has 2 unspecified atom stereocenters. The van der Waals surface area contributed by atoms with Crippen molar-refractivity contribution < 1.29 is 29.0 Å². The number of fused-ring (bicyclic) bond motifs is 2. The van der Waals surface area contributed by atoms with Gasteiger partial charge in [0.15, 0.2) is 24.4 Å². The van der Waals surface area contributed by atoms with Crippen LogP contribution in [0.2, 0.25) is 5.02 Å². The smallest absolute Gasteiger partial charge is 0.293 e. The number of benzene rings is 2. The van der Waals surface area contributed by atoms with E-state index in [1.165, 1.54) is 11.9 Å². The van der Waals surface area contributed by atoms with Gasteiger partial charge in [-0.1, -0.05) is 11.6 Å². The van der Waals surface area contributed by atoms with Crippen LogP contribution < -0.4 is 36.0 Å². The van der Waals surface area contributed by atoms with E-state index in [9.17, 15) is 29.1 Å². The number of piperidine rings is 3. The van der Waals surface area contributed by atoms with Crippen LogP contribution in [0.15, 0.2) is 53.5 Å². The zero-order chi connectivity index (χ0) is 45.9. The van der Waals surface area contributed by atoms with E-state index >= 15 is 0 Å². The zero-order valence-electron chi connectivity index (χ0n) is 37.5. The number of halogens is 1. The van der Waals surface area contributed by atoms with Crippen LogP contribution in [0.4, 0.5) is 23.1 Å². The second-order valence-electron chi connectivity index (χ2n) is 19.0. The van der Waals surface area contributed by atoms with Gasteiger partial charge in [-0.3, -0.25) is 34.2 Å². The van der Waals surface area contributed by atoms with Crippen LogP contribution in [0.1, 0.15) is 94.4 Å². The van der Waals surface area contributed by atoms with Crippen molar-refractivity contribution in [2.45, 2.75) is 90.1 Å². The molecule has 4 N–H and O–H groups in total. The topological polar surface area (TPSA) is 195 Å². The number of hydrogen-bond acceptors (Lipinski definition) is 13. The minimum absolute atomic E-state index is 0.0934. The lowest BCUT2D eigenvalue weighted by Gasteiger charge is -2.67. The first kappa shape index (κ1) is 44.4. The van der Waals surface area contributed by atoms with E-state index in [0.717, 1.165) is 87.2 Å². The molecule has 17 nitrogen and oxygen atoms in total. The maximum absolute atomic E-state index is 13.4. The second kappa shape index (κ2) is 17.2. The number of pyridine rings is 1. The average molecular weight is 909 g/mol. The molecule has 4 aromatic rings. The Morgan fingerprint density at radius 1 is 1.02 bits per heavy atom. The predicted octanol–water partition coefficient (Wildman–Crippen LogP) is 4.74. The first-order chi connectivity index (χ1) is 31.1. The van der Waals surface area contributed by atoms with Crippen LogP contribution in [0.3, 0.4) is 0 Å². The zero-order valence-corrected chi connectivity index (χ0v) is 38.3. The van der Waals surface area contributed by atoms with Crippen LogP contribution >= 0.6 is 11.6 Å². The lowest BCUT2D eigenvalue weighted by Crippen LogP contribution is -2.74. The molecule has 0 bridgehead atoms. The highest BCUT2D eigenvalue weighted by atomic mass is 35.5. The Balaban J connectivity index is 0.786. The number of carbonyl (C=O) groups excluding carboxylic acids is 4. The number of nitrogens with zero attached hydrogens (tertiary/aromatic N) is 7. The molecule has 0 aliphatic carbocycles. The molecule has 1 spiro atoms. The summed E-state index contributed by atoms with van der Waals surface area (Å²) < 4.78 is 7.28. The largest absolute Gasteiger partial charge is 0.478 e. The summed E-state index contributed by atoms with van der Waals surface area (Å²) in [7, 11) is 1.52. The third-order valence-corrected chi connectivity index (χ3v) is 15.0. The SMILES string of the molecule is CNC(=O)COc1cc2cc(Nc3nc(N4CCC(CN5CCC6(CC5)CN(c5ccc7c(c5)C(O)N(C5CCC(=O)NC5=O)C7=O)C6(C)C)CC4)ncc3Cl)ccc2n(C(C)C)c1=O. The number of aliphatic hydroxyl groups excluding tert-OH is 1. The van der Waals surface area contributed by atoms with Gasteiger partial charge >= 0.3 is 0 Å². The Bertz CT molecular complexity index is 2620. The molecule has 5 aliphatic heterocycles. The van der Waals surface area contributed by atoms with Crippen molar-refractivity contribution in [3.8, 4) is 5.75 Å². The third kappa shape index (κ3) is 8.05. The summed E-state index contributed by atoms with van der Waals surface area (Å²) in [6.07, 6.45) is 4.90. The van der Waals surface area contributed by atoms with Gasteiger partial charge < -0.3 is 39.7 Å². The first-order valence-corrected chi connectivity index (χ1v) is 23.0. The summed E-state index contributed by atoms with van der Waals surface area (Å²) in [5.41, 5.74) is 3.00. The highest BCUT2D eigenvalue weighted by Crippen LogP contribution is 2.55. The highest BCUT2D eigenvalue weighted by Gasteiger charge is 2.59. The Hall–Kier alpha value is -5.78. The fourth-order valence-electron chi connectivity index (χ4n) is 10.7. The van der Waals surface area contributed by atoms with E-state index in [4.69, 9.17) is 21.3 Å². The molecule has 65 heavy (non-hydrogen) atoms. The Morgan fingerprint density at radius 3 is 2.46 bits per heavy atom. The third-order valence-electron chi connectivity index (χ3n) is 14.7. The molecule has 4 amide bonds. The van der Waals surface area contributed by atoms with E-state index in [0.29, 0.717) is 33.8 Å². The van der Waals surface area contributed by atoms with Crippen molar-refractivity contribution in [1.29, 1.82) is 0 Å². The van der Waals surface area contributed by atoms with Gasteiger partial charge in [0.05, 0.1) is 11.7 Å². The lowest BCUT2D eigenvalue weighted by molar-refractivity contribution is -0.139. The molecule has 2 aromatic carbocycles. The van der Waals surface area contributed by atoms with Crippen LogP contribution in [0.25, 0.3) is 10.9 Å². The summed E-state index contributed by atoms with van der Waals surface area (Å²) in [6, 6.07) is 11.9. The van der Waals surface area contributed by atoms with Crippen molar-refractivity contribution in [3.63, 3.8) is 0 Å². The molecular formula is C47H57ClN10O7. The Kier molecular flexibility index (Phi) is 11.8. The predicted molar refractivity (Wildman–Crippen MR) is 247 cm³/mol. The highest BCUT2D eigenvalue weighted by molar-refractivity contribution is 6.33. The van der Waals surface area contributed by atoms with Crippen molar-refractivity contribution in [2.75, 3.05) is 68.0 Å². The number of anilines is 4. The van der Waals surface area contributed by atoms with Gasteiger partial charge in [-0.2, -0.15) is 4.98 Å². The van der Waals surface area contributed by atoms with Gasteiger partial charge in [0, 0.05) is 84.5 Å². The number of amides is 4. The number of rotatable bonds is 11. The minimum Gasteiger partial charge on any atom is -0.478 e. The van der Waals surface area contributed by atoms with Gasteiger partial charge in [-0.05, 0) is 121 Å². The molecule has 4 fully saturated rings. The molecule has 7 heterocycles. The second-order valence-corrected chi connectivity index (χ2v) is 19.4. The van der Waals surface area contributed by atoms with Crippen LogP contribution in [-0.2, 0) is 14.4 Å². The van der Waals surface area contributed by atoms with Gasteiger partial charge in [-0.15, -0.1) is 0 Å². The number of aliphatic hydroxyl groups is 1. The number of hydrogen-bond donors (Lipinski definition) is 4. The fraction of sp³-hybridized carbons (Fsp3) is 0.511. The first-order valence-electron chi connectivity index (χ1n) is 22.6. The van der Waals surface area contributed by atoms with Gasteiger partial charge in [0.2, 0.25) is 17.8 Å². The molecular weight excluding hydrogens is 852 g/mol. The van der Waals surface area contributed by atoms with E-state index in [1.807, 2.05) is 44.2 Å². The number of imide groups is 1. The van der Waals surface area contributed by atoms with Crippen molar-refractivity contribution in [3.05, 3.63) is 75.2 Å². The summed E-state index contributed by atoms with van der Waals surface area (Å²) in [5.74, 6) is 0.101. The van der Waals surface area contributed by atoms with Gasteiger partial charge in [0.25, 0.3) is 17.4 Å². The normalized spacial score (nSPS) is 22.0. The van der Waals surface area contributed by atoms with Crippen LogP contribution in [0.5, 0.6) is 5.75 Å². The van der Waals surface area contributed by atoms with E-state index < -0.39 is 24.1 Å². The standard InChI is InChI=1S/C47H57ClN10O7/c1-27(2)57-35-9-6-30(20-29(35)21-37(44(57)64)65-25-39(60)49-5)51-40-34(48)23-50-45(53-40)55-16-12-28(13-17-55)24-54-18-14-47(15-19-54)26-56(46(47,3)4)31-7-8-32-33(22-31)43(63)58(42(32)62)36-10-11-38(59)52-41(36)61/h6-9,20-23,27-28,36,43,63H,10-19,24-26H2,1-5H3,(H,49,60)(H,50,51,53)(H,52,59,61). The number of likely N-dealkylation sites (tertiary alicyclic amines) is 1.